The standard InChI is InChI=1S/C21H35N5O/c1-3-25-10-12-26(13-11-25)17-19-8-6-18(7-9-19)15-23-21(22-2)24-16-20-5-4-14-27-20/h6-9,20H,3-5,10-17H2,1-2H3,(H2,22,23,24). The van der Waals surface area contributed by atoms with E-state index in [2.05, 4.69) is 56.6 Å². The van der Waals surface area contributed by atoms with E-state index in [1.165, 1.54) is 50.3 Å². The summed E-state index contributed by atoms with van der Waals surface area (Å²) in [5.41, 5.74) is 2.67. The van der Waals surface area contributed by atoms with Crippen LogP contribution in [0.1, 0.15) is 30.9 Å². The van der Waals surface area contributed by atoms with Crippen molar-refractivity contribution in [3.63, 3.8) is 0 Å². The first-order chi connectivity index (χ1) is 13.3. The van der Waals surface area contributed by atoms with Crippen LogP contribution >= 0.6 is 0 Å². The SMILES string of the molecule is CCN1CCN(Cc2ccc(CNC(=NC)NCC3CCCO3)cc2)CC1. The number of benzene rings is 1. The van der Waals surface area contributed by atoms with Crippen molar-refractivity contribution in [3.05, 3.63) is 35.4 Å². The summed E-state index contributed by atoms with van der Waals surface area (Å²) in [7, 11) is 1.81. The van der Waals surface area contributed by atoms with Gasteiger partial charge in [0, 0.05) is 59.5 Å². The lowest BCUT2D eigenvalue weighted by molar-refractivity contribution is 0.114. The molecule has 0 radical (unpaired) electrons. The summed E-state index contributed by atoms with van der Waals surface area (Å²) in [6, 6.07) is 8.95. The number of rotatable bonds is 7. The summed E-state index contributed by atoms with van der Waals surface area (Å²) in [5, 5.41) is 6.75. The summed E-state index contributed by atoms with van der Waals surface area (Å²) in [6.45, 7) is 11.7. The summed E-state index contributed by atoms with van der Waals surface area (Å²) < 4.78 is 5.65. The number of guanidine groups is 1. The smallest absolute Gasteiger partial charge is 0.191 e. The van der Waals surface area contributed by atoms with Crippen LogP contribution in [-0.4, -0.2) is 74.8 Å². The van der Waals surface area contributed by atoms with E-state index in [4.69, 9.17) is 4.74 Å². The molecule has 0 amide bonds. The Bertz CT molecular complexity index is 575. The highest BCUT2D eigenvalue weighted by atomic mass is 16.5. The van der Waals surface area contributed by atoms with E-state index in [1.807, 2.05) is 7.05 Å². The lowest BCUT2D eigenvalue weighted by Gasteiger charge is -2.34. The summed E-state index contributed by atoms with van der Waals surface area (Å²) >= 11 is 0. The van der Waals surface area contributed by atoms with Gasteiger partial charge < -0.3 is 20.3 Å². The van der Waals surface area contributed by atoms with Gasteiger partial charge in [-0.3, -0.25) is 9.89 Å². The zero-order chi connectivity index (χ0) is 18.9. The summed E-state index contributed by atoms with van der Waals surface area (Å²) in [5.74, 6) is 0.836. The minimum atomic E-state index is 0.321. The van der Waals surface area contributed by atoms with E-state index in [-0.39, 0.29) is 0 Å². The highest BCUT2D eigenvalue weighted by Gasteiger charge is 2.16. The molecule has 6 heteroatoms. The molecule has 0 bridgehead atoms. The quantitative estimate of drug-likeness (QED) is 0.562. The zero-order valence-electron chi connectivity index (χ0n) is 16.9. The van der Waals surface area contributed by atoms with Crippen LogP contribution in [0.25, 0.3) is 0 Å². The monoisotopic (exact) mass is 373 g/mol. The first-order valence-corrected chi connectivity index (χ1v) is 10.4. The first kappa shape index (κ1) is 20.1. The fourth-order valence-electron chi connectivity index (χ4n) is 3.71. The zero-order valence-corrected chi connectivity index (χ0v) is 16.9. The molecule has 27 heavy (non-hydrogen) atoms. The highest BCUT2D eigenvalue weighted by molar-refractivity contribution is 5.79. The van der Waals surface area contributed by atoms with E-state index >= 15 is 0 Å². The fraction of sp³-hybridized carbons (Fsp3) is 0.667. The average molecular weight is 374 g/mol. The minimum Gasteiger partial charge on any atom is -0.376 e. The third kappa shape index (κ3) is 6.48. The van der Waals surface area contributed by atoms with Gasteiger partial charge in [-0.25, -0.2) is 0 Å². The predicted octanol–water partition coefficient (Wildman–Crippen LogP) is 1.67. The molecule has 1 aromatic carbocycles. The summed E-state index contributed by atoms with van der Waals surface area (Å²) in [4.78, 5) is 9.37. The van der Waals surface area contributed by atoms with E-state index in [1.54, 1.807) is 0 Å². The van der Waals surface area contributed by atoms with Crippen LogP contribution in [0.15, 0.2) is 29.3 Å². The maximum absolute atomic E-state index is 5.65. The molecule has 1 aromatic rings. The Labute approximate surface area is 164 Å². The van der Waals surface area contributed by atoms with Crippen LogP contribution in [0.5, 0.6) is 0 Å². The van der Waals surface area contributed by atoms with Gasteiger partial charge in [0.05, 0.1) is 6.10 Å². The molecule has 1 atom stereocenters. The number of ether oxygens (including phenoxy) is 1. The molecule has 2 N–H and O–H groups in total. The third-order valence-electron chi connectivity index (χ3n) is 5.55. The van der Waals surface area contributed by atoms with E-state index < -0.39 is 0 Å². The van der Waals surface area contributed by atoms with Crippen molar-refractivity contribution in [3.8, 4) is 0 Å². The Morgan fingerprint density at radius 3 is 2.41 bits per heavy atom. The molecule has 2 aliphatic heterocycles. The first-order valence-electron chi connectivity index (χ1n) is 10.4. The lowest BCUT2D eigenvalue weighted by atomic mass is 10.1. The Morgan fingerprint density at radius 1 is 1.07 bits per heavy atom. The Balaban J connectivity index is 1.39. The van der Waals surface area contributed by atoms with E-state index in [9.17, 15) is 0 Å². The molecular formula is C21H35N5O. The van der Waals surface area contributed by atoms with Crippen molar-refractivity contribution in [1.82, 2.24) is 20.4 Å². The number of hydrogen-bond donors (Lipinski definition) is 2. The number of likely N-dealkylation sites (N-methyl/N-ethyl adjacent to an activating group) is 1. The second-order valence-electron chi connectivity index (χ2n) is 7.47. The van der Waals surface area contributed by atoms with Gasteiger partial charge in [-0.2, -0.15) is 0 Å². The van der Waals surface area contributed by atoms with Crippen LogP contribution in [0.2, 0.25) is 0 Å². The molecule has 1 unspecified atom stereocenters. The van der Waals surface area contributed by atoms with Crippen molar-refractivity contribution in [1.29, 1.82) is 0 Å². The number of piperazine rings is 1. The second-order valence-corrected chi connectivity index (χ2v) is 7.47. The molecule has 150 valence electrons. The number of nitrogens with zero attached hydrogens (tertiary/aromatic N) is 3. The van der Waals surface area contributed by atoms with E-state index in [0.29, 0.717) is 6.10 Å². The van der Waals surface area contributed by atoms with Gasteiger partial charge in [-0.15, -0.1) is 0 Å². The van der Waals surface area contributed by atoms with Crippen LogP contribution in [0, 0.1) is 0 Å². The van der Waals surface area contributed by atoms with Crippen molar-refractivity contribution in [2.24, 2.45) is 4.99 Å². The van der Waals surface area contributed by atoms with Crippen molar-refractivity contribution < 1.29 is 4.74 Å². The lowest BCUT2D eigenvalue weighted by Crippen LogP contribution is -2.45. The van der Waals surface area contributed by atoms with E-state index in [0.717, 1.165) is 38.6 Å². The van der Waals surface area contributed by atoms with Crippen LogP contribution in [0.3, 0.4) is 0 Å². The maximum Gasteiger partial charge on any atom is 0.191 e. The van der Waals surface area contributed by atoms with Gasteiger partial charge in [0.1, 0.15) is 0 Å². The Hall–Kier alpha value is -1.63. The normalized spacial score (nSPS) is 22.1. The number of hydrogen-bond acceptors (Lipinski definition) is 4. The van der Waals surface area contributed by atoms with Gasteiger partial charge >= 0.3 is 0 Å². The predicted molar refractivity (Wildman–Crippen MR) is 111 cm³/mol. The maximum atomic E-state index is 5.65. The van der Waals surface area contributed by atoms with Crippen LogP contribution < -0.4 is 10.6 Å². The molecule has 0 aromatic heterocycles. The van der Waals surface area contributed by atoms with Crippen molar-refractivity contribution in [2.45, 2.75) is 39.0 Å². The molecule has 0 aliphatic carbocycles. The van der Waals surface area contributed by atoms with Crippen LogP contribution in [0.4, 0.5) is 0 Å². The third-order valence-corrected chi connectivity index (χ3v) is 5.55. The average Bonchev–Trinajstić information content (AvgIpc) is 3.23. The molecule has 3 rings (SSSR count). The second kappa shape index (κ2) is 10.6. The van der Waals surface area contributed by atoms with Gasteiger partial charge in [-0.1, -0.05) is 31.2 Å². The molecule has 6 nitrogen and oxygen atoms in total. The van der Waals surface area contributed by atoms with Crippen molar-refractivity contribution in [2.75, 3.05) is 52.9 Å². The largest absolute Gasteiger partial charge is 0.376 e. The highest BCUT2D eigenvalue weighted by Crippen LogP contribution is 2.11. The molecule has 2 aliphatic rings. The van der Waals surface area contributed by atoms with Gasteiger partial charge in [0.25, 0.3) is 0 Å². The number of aliphatic imine (C=N–C) groups is 1. The topological polar surface area (TPSA) is 52.1 Å². The molecular weight excluding hydrogens is 338 g/mol. The Morgan fingerprint density at radius 2 is 1.78 bits per heavy atom. The minimum absolute atomic E-state index is 0.321. The number of nitrogens with one attached hydrogen (secondary N) is 2. The van der Waals surface area contributed by atoms with Gasteiger partial charge in [-0.05, 0) is 30.5 Å². The van der Waals surface area contributed by atoms with Gasteiger partial charge in [0.2, 0.25) is 0 Å². The molecule has 2 fully saturated rings. The van der Waals surface area contributed by atoms with Gasteiger partial charge in [0.15, 0.2) is 5.96 Å². The molecule has 2 heterocycles. The molecule has 0 saturated carbocycles. The fourth-order valence-corrected chi connectivity index (χ4v) is 3.71. The molecule has 0 spiro atoms. The summed E-state index contributed by atoms with van der Waals surface area (Å²) in [6.07, 6.45) is 2.62. The van der Waals surface area contributed by atoms with Crippen LogP contribution in [-0.2, 0) is 17.8 Å². The molecule has 2 saturated heterocycles. The Kier molecular flexibility index (Phi) is 7.93. The van der Waals surface area contributed by atoms with Crippen molar-refractivity contribution >= 4 is 5.96 Å².